The molecular weight excluding hydrogens is 272 g/mol. The van der Waals surface area contributed by atoms with Crippen LogP contribution in [0.4, 0.5) is 0 Å². The molecular formula is C15H18N2O2S. The summed E-state index contributed by atoms with van der Waals surface area (Å²) in [6.07, 6.45) is 0. The van der Waals surface area contributed by atoms with Crippen molar-refractivity contribution < 1.29 is 4.79 Å². The lowest BCUT2D eigenvalue weighted by Crippen LogP contribution is -2.32. The number of hydrogen-bond acceptors (Lipinski definition) is 3. The van der Waals surface area contributed by atoms with Crippen LogP contribution in [0.15, 0.2) is 34.4 Å². The zero-order chi connectivity index (χ0) is 14.7. The molecule has 0 saturated heterocycles. The van der Waals surface area contributed by atoms with Crippen LogP contribution in [0.5, 0.6) is 0 Å². The van der Waals surface area contributed by atoms with Gasteiger partial charge in [0.05, 0.1) is 0 Å². The molecule has 2 rings (SSSR count). The molecule has 0 aliphatic rings. The molecule has 0 aliphatic carbocycles. The molecule has 1 aromatic carbocycles. The summed E-state index contributed by atoms with van der Waals surface area (Å²) >= 11 is 1.13. The quantitative estimate of drug-likeness (QED) is 0.866. The monoisotopic (exact) mass is 290 g/mol. The average molecular weight is 290 g/mol. The van der Waals surface area contributed by atoms with Crippen LogP contribution >= 0.6 is 11.3 Å². The molecule has 0 radical (unpaired) electrons. The highest BCUT2D eigenvalue weighted by Gasteiger charge is 2.13. The van der Waals surface area contributed by atoms with Gasteiger partial charge in [-0.1, -0.05) is 35.6 Å². The van der Waals surface area contributed by atoms with E-state index >= 15 is 0 Å². The van der Waals surface area contributed by atoms with Gasteiger partial charge >= 0.3 is 4.87 Å². The first-order chi connectivity index (χ1) is 9.49. The molecule has 0 atom stereocenters. The summed E-state index contributed by atoms with van der Waals surface area (Å²) in [5, 5.41) is 1.77. The largest absolute Gasteiger partial charge is 0.340 e. The minimum atomic E-state index is -0.0832. The molecule has 5 heteroatoms. The van der Waals surface area contributed by atoms with Crippen molar-refractivity contribution in [2.75, 3.05) is 7.05 Å². The summed E-state index contributed by atoms with van der Waals surface area (Å²) in [5.74, 6) is -0.0585. The number of nitrogens with zero attached hydrogens (tertiary/aromatic N) is 2. The highest BCUT2D eigenvalue weighted by molar-refractivity contribution is 7.07. The number of aryl methyl sites for hydroxylation is 2. The fraction of sp³-hybridized carbons (Fsp3) is 0.333. The Labute approximate surface area is 122 Å². The second kappa shape index (κ2) is 6.05. The molecule has 0 aliphatic heterocycles. The fourth-order valence-electron chi connectivity index (χ4n) is 1.98. The van der Waals surface area contributed by atoms with Gasteiger partial charge in [-0.25, -0.2) is 0 Å². The van der Waals surface area contributed by atoms with Crippen molar-refractivity contribution in [3.05, 3.63) is 56.1 Å². The van der Waals surface area contributed by atoms with Crippen molar-refractivity contribution in [2.45, 2.75) is 26.9 Å². The Kier molecular flexibility index (Phi) is 4.39. The van der Waals surface area contributed by atoms with Crippen LogP contribution in [0.1, 0.15) is 16.8 Å². The number of aromatic nitrogens is 1. The molecule has 0 fully saturated rings. The van der Waals surface area contributed by atoms with E-state index in [4.69, 9.17) is 0 Å². The molecule has 0 saturated carbocycles. The second-order valence-corrected chi connectivity index (χ2v) is 5.73. The van der Waals surface area contributed by atoms with Crippen molar-refractivity contribution in [3.63, 3.8) is 0 Å². The maximum Gasteiger partial charge on any atom is 0.307 e. The van der Waals surface area contributed by atoms with Gasteiger partial charge in [0, 0.05) is 24.7 Å². The van der Waals surface area contributed by atoms with Crippen molar-refractivity contribution >= 4 is 17.2 Å². The Morgan fingerprint density at radius 1 is 1.30 bits per heavy atom. The standard InChI is InChI=1S/C15H18N2O2S/c1-11-6-4-5-7-13(11)8-16(3)14(18)9-17-12(2)10-20-15(17)19/h4-7,10H,8-9H2,1-3H3. The molecule has 0 N–H and O–H groups in total. The summed E-state index contributed by atoms with van der Waals surface area (Å²) in [7, 11) is 1.77. The molecule has 2 aromatic rings. The lowest BCUT2D eigenvalue weighted by Gasteiger charge is -2.19. The second-order valence-electron chi connectivity index (χ2n) is 4.91. The van der Waals surface area contributed by atoms with Gasteiger partial charge < -0.3 is 4.90 Å². The van der Waals surface area contributed by atoms with Gasteiger partial charge in [0.25, 0.3) is 0 Å². The zero-order valence-electron chi connectivity index (χ0n) is 11.9. The Bertz CT molecular complexity index is 673. The number of carbonyl (C=O) groups is 1. The van der Waals surface area contributed by atoms with Crippen LogP contribution in [-0.4, -0.2) is 22.4 Å². The topological polar surface area (TPSA) is 42.3 Å². The molecule has 1 heterocycles. The summed E-state index contributed by atoms with van der Waals surface area (Å²) in [5.41, 5.74) is 3.12. The highest BCUT2D eigenvalue weighted by atomic mass is 32.1. The molecule has 1 aromatic heterocycles. The van der Waals surface area contributed by atoms with Gasteiger partial charge in [0.2, 0.25) is 5.91 Å². The molecule has 4 nitrogen and oxygen atoms in total. The first-order valence-electron chi connectivity index (χ1n) is 6.42. The Morgan fingerprint density at radius 2 is 2.00 bits per heavy atom. The normalized spacial score (nSPS) is 10.6. The van der Waals surface area contributed by atoms with E-state index in [1.165, 1.54) is 4.57 Å². The van der Waals surface area contributed by atoms with Gasteiger partial charge in [-0.3, -0.25) is 14.2 Å². The number of hydrogen-bond donors (Lipinski definition) is 0. The van der Waals surface area contributed by atoms with Crippen molar-refractivity contribution in [1.29, 1.82) is 0 Å². The Balaban J connectivity index is 2.07. The zero-order valence-corrected chi connectivity index (χ0v) is 12.7. The van der Waals surface area contributed by atoms with E-state index in [2.05, 4.69) is 0 Å². The van der Waals surface area contributed by atoms with Crippen LogP contribution in [0, 0.1) is 13.8 Å². The SMILES string of the molecule is Cc1ccccc1CN(C)C(=O)Cn1c(C)csc1=O. The van der Waals surface area contributed by atoms with Crippen LogP contribution in [0.2, 0.25) is 0 Å². The van der Waals surface area contributed by atoms with Crippen LogP contribution in [-0.2, 0) is 17.9 Å². The van der Waals surface area contributed by atoms with E-state index in [9.17, 15) is 9.59 Å². The number of thiazole rings is 1. The lowest BCUT2D eigenvalue weighted by atomic mass is 10.1. The highest BCUT2D eigenvalue weighted by Crippen LogP contribution is 2.10. The van der Waals surface area contributed by atoms with E-state index in [1.54, 1.807) is 17.3 Å². The maximum absolute atomic E-state index is 12.2. The van der Waals surface area contributed by atoms with Gasteiger partial charge in [-0.15, -0.1) is 0 Å². The minimum Gasteiger partial charge on any atom is -0.340 e. The van der Waals surface area contributed by atoms with Gasteiger partial charge in [-0.2, -0.15) is 0 Å². The summed E-state index contributed by atoms with van der Waals surface area (Å²) in [6.45, 7) is 4.54. The molecule has 0 bridgehead atoms. The molecule has 1 amide bonds. The minimum absolute atomic E-state index is 0.0585. The van der Waals surface area contributed by atoms with Crippen molar-refractivity contribution in [2.24, 2.45) is 0 Å². The van der Waals surface area contributed by atoms with Gasteiger partial charge in [0.15, 0.2) is 0 Å². The first-order valence-corrected chi connectivity index (χ1v) is 7.30. The third-order valence-corrected chi connectivity index (χ3v) is 4.25. The molecule has 20 heavy (non-hydrogen) atoms. The number of likely N-dealkylation sites (N-methyl/N-ethyl adjacent to an activating group) is 1. The molecule has 0 unspecified atom stereocenters. The van der Waals surface area contributed by atoms with Gasteiger partial charge in [-0.05, 0) is 25.0 Å². The predicted octanol–water partition coefficient (Wildman–Crippen LogP) is 2.19. The summed E-state index contributed by atoms with van der Waals surface area (Å²) in [6, 6.07) is 7.99. The van der Waals surface area contributed by atoms with E-state index in [1.807, 2.05) is 38.1 Å². The fourth-order valence-corrected chi connectivity index (χ4v) is 2.72. The average Bonchev–Trinajstić information content (AvgIpc) is 2.73. The predicted molar refractivity (Wildman–Crippen MR) is 81.0 cm³/mol. The Hall–Kier alpha value is -1.88. The van der Waals surface area contributed by atoms with E-state index in [0.717, 1.165) is 28.2 Å². The third kappa shape index (κ3) is 3.17. The van der Waals surface area contributed by atoms with Crippen LogP contribution < -0.4 is 4.87 Å². The number of benzene rings is 1. The van der Waals surface area contributed by atoms with E-state index < -0.39 is 0 Å². The molecule has 106 valence electrons. The maximum atomic E-state index is 12.2. The van der Waals surface area contributed by atoms with Crippen LogP contribution in [0.3, 0.4) is 0 Å². The van der Waals surface area contributed by atoms with Crippen molar-refractivity contribution in [3.8, 4) is 0 Å². The van der Waals surface area contributed by atoms with Crippen LogP contribution in [0.25, 0.3) is 0 Å². The number of carbonyl (C=O) groups excluding carboxylic acids is 1. The smallest absolute Gasteiger partial charge is 0.307 e. The number of amides is 1. The van der Waals surface area contributed by atoms with E-state index in [-0.39, 0.29) is 17.3 Å². The number of rotatable bonds is 4. The van der Waals surface area contributed by atoms with Gasteiger partial charge in [0.1, 0.15) is 6.54 Å². The lowest BCUT2D eigenvalue weighted by molar-refractivity contribution is -0.131. The summed E-state index contributed by atoms with van der Waals surface area (Å²) < 4.78 is 1.52. The van der Waals surface area contributed by atoms with E-state index in [0.29, 0.717) is 6.54 Å². The van der Waals surface area contributed by atoms with Crippen molar-refractivity contribution in [1.82, 2.24) is 9.47 Å². The molecule has 0 spiro atoms. The third-order valence-electron chi connectivity index (χ3n) is 3.36. The Morgan fingerprint density at radius 3 is 2.60 bits per heavy atom. The summed E-state index contributed by atoms with van der Waals surface area (Å²) in [4.78, 5) is 25.4. The first kappa shape index (κ1) is 14.5.